The van der Waals surface area contributed by atoms with Crippen LogP contribution in [0, 0.1) is 0 Å². The average molecular weight is 649 g/mol. The molecule has 0 amide bonds. The zero-order valence-electron chi connectivity index (χ0n) is 29.0. The Bertz CT molecular complexity index is 2040. The summed E-state index contributed by atoms with van der Waals surface area (Å²) in [4.78, 5) is 4.98. The van der Waals surface area contributed by atoms with E-state index >= 15 is 0 Å². The third kappa shape index (κ3) is 4.51. The van der Waals surface area contributed by atoms with Crippen molar-refractivity contribution in [3.63, 3.8) is 0 Å². The van der Waals surface area contributed by atoms with Gasteiger partial charge < -0.3 is 24.0 Å². The van der Waals surface area contributed by atoms with Crippen molar-refractivity contribution >= 4 is 28.2 Å². The summed E-state index contributed by atoms with van der Waals surface area (Å²) >= 11 is 0. The summed E-state index contributed by atoms with van der Waals surface area (Å²) in [6.45, 7) is 9.15. The van der Waals surface area contributed by atoms with Gasteiger partial charge in [0, 0.05) is 65.0 Å². The van der Waals surface area contributed by atoms with E-state index in [1.807, 2.05) is 0 Å². The smallest absolute Gasteiger partial charge is 0.178 e. The summed E-state index contributed by atoms with van der Waals surface area (Å²) in [5.74, 6) is 2.29. The Morgan fingerprint density at radius 1 is 0.653 bits per heavy atom. The number of nitrogens with zero attached hydrogens (tertiary/aromatic N) is 2. The monoisotopic (exact) mass is 648 g/mol. The molecular weight excluding hydrogens is 604 g/mol. The third-order valence-corrected chi connectivity index (χ3v) is 11.6. The van der Waals surface area contributed by atoms with Crippen molar-refractivity contribution in [1.82, 2.24) is 0 Å². The summed E-state index contributed by atoms with van der Waals surface area (Å²) in [5, 5.41) is 2.14. The van der Waals surface area contributed by atoms with E-state index in [-0.39, 0.29) is 5.41 Å². The van der Waals surface area contributed by atoms with Gasteiger partial charge >= 0.3 is 0 Å². The maximum absolute atomic E-state index is 7.62. The Morgan fingerprint density at radius 2 is 1.18 bits per heavy atom. The highest BCUT2D eigenvalue weighted by atomic mass is 16.5. The number of hydrogen-bond donors (Lipinski definition) is 0. The maximum atomic E-state index is 7.62. The van der Waals surface area contributed by atoms with Gasteiger partial charge in [0.05, 0.1) is 14.2 Å². The van der Waals surface area contributed by atoms with Crippen LogP contribution in [-0.4, -0.2) is 40.4 Å². The minimum atomic E-state index is -0.829. The second kappa shape index (κ2) is 11.3. The molecule has 9 rings (SSSR count). The van der Waals surface area contributed by atoms with E-state index in [1.54, 1.807) is 14.2 Å². The van der Waals surface area contributed by atoms with E-state index < -0.39 is 5.60 Å². The van der Waals surface area contributed by atoms with Crippen molar-refractivity contribution in [2.45, 2.75) is 50.5 Å². The fourth-order valence-electron chi connectivity index (χ4n) is 9.04. The van der Waals surface area contributed by atoms with Crippen molar-refractivity contribution < 1.29 is 14.2 Å². The molecule has 4 aliphatic rings. The second-order valence-corrected chi connectivity index (χ2v) is 14.6. The van der Waals surface area contributed by atoms with Gasteiger partial charge in [-0.3, -0.25) is 0 Å². The van der Waals surface area contributed by atoms with E-state index in [4.69, 9.17) is 14.2 Å². The predicted octanol–water partition coefficient (Wildman–Crippen LogP) is 9.71. The number of anilines is 2. The lowest BCUT2D eigenvalue weighted by Gasteiger charge is -2.39. The first-order valence-corrected chi connectivity index (χ1v) is 17.9. The quantitative estimate of drug-likeness (QED) is 0.183. The zero-order valence-corrected chi connectivity index (χ0v) is 29.0. The molecule has 0 spiro atoms. The molecule has 5 heteroatoms. The van der Waals surface area contributed by atoms with Gasteiger partial charge in [-0.15, -0.1) is 0 Å². The van der Waals surface area contributed by atoms with Crippen molar-refractivity contribution in [2.24, 2.45) is 0 Å². The Labute approximate surface area is 289 Å². The van der Waals surface area contributed by atoms with E-state index in [9.17, 15) is 0 Å². The van der Waals surface area contributed by atoms with E-state index in [2.05, 4.69) is 121 Å². The summed E-state index contributed by atoms with van der Waals surface area (Å²) in [5.41, 5.74) is 10.0. The first kappa shape index (κ1) is 30.2. The highest BCUT2D eigenvalue weighted by Gasteiger charge is 2.44. The van der Waals surface area contributed by atoms with Gasteiger partial charge in [0.2, 0.25) is 0 Å². The highest BCUT2D eigenvalue weighted by Crippen LogP contribution is 2.59. The molecule has 1 aliphatic carbocycles. The van der Waals surface area contributed by atoms with Gasteiger partial charge in [-0.1, -0.05) is 68.5 Å². The summed E-state index contributed by atoms with van der Waals surface area (Å²) < 4.78 is 19.4. The topological polar surface area (TPSA) is 34.2 Å². The number of hydrogen-bond acceptors (Lipinski definition) is 5. The van der Waals surface area contributed by atoms with Crippen LogP contribution in [-0.2, 0) is 11.0 Å². The molecule has 2 saturated heterocycles. The summed E-state index contributed by atoms with van der Waals surface area (Å²) in [7, 11) is 3.42. The molecule has 0 saturated carbocycles. The second-order valence-electron chi connectivity index (χ2n) is 14.6. The van der Waals surface area contributed by atoms with Gasteiger partial charge in [0.25, 0.3) is 0 Å². The fraction of sp³-hybridized carbons (Fsp3) is 0.318. The van der Waals surface area contributed by atoms with Crippen LogP contribution in [0.1, 0.15) is 67.3 Å². The minimum Gasteiger partial charge on any atom is -0.493 e. The molecule has 5 nitrogen and oxygen atoms in total. The molecule has 0 unspecified atom stereocenters. The lowest BCUT2D eigenvalue weighted by molar-refractivity contribution is 0.163. The van der Waals surface area contributed by atoms with Crippen LogP contribution in [0.3, 0.4) is 0 Å². The first-order valence-electron chi connectivity index (χ1n) is 17.9. The lowest BCUT2D eigenvalue weighted by atomic mass is 9.76. The van der Waals surface area contributed by atoms with E-state index in [0.29, 0.717) is 11.5 Å². The van der Waals surface area contributed by atoms with Crippen LogP contribution < -0.4 is 24.0 Å². The first-order chi connectivity index (χ1) is 23.9. The number of methoxy groups -OCH3 is 2. The van der Waals surface area contributed by atoms with Crippen LogP contribution in [0.5, 0.6) is 17.2 Å². The maximum Gasteiger partial charge on any atom is 0.178 e. The Hall–Kier alpha value is -4.90. The molecule has 0 atom stereocenters. The molecule has 0 aromatic heterocycles. The van der Waals surface area contributed by atoms with Crippen molar-refractivity contribution in [3.8, 4) is 28.4 Å². The largest absolute Gasteiger partial charge is 0.493 e. The van der Waals surface area contributed by atoms with Crippen molar-refractivity contribution in [1.29, 1.82) is 0 Å². The van der Waals surface area contributed by atoms with Crippen molar-refractivity contribution in [2.75, 3.05) is 50.2 Å². The van der Waals surface area contributed by atoms with Crippen molar-refractivity contribution in [3.05, 3.63) is 119 Å². The SMILES string of the molecule is COc1cc2c3c(c4c(c2cc1OC)-c1ccccc1C4(C)C)C=CC(c1ccc(N2CCCC2)cc1)(c1ccc(N2CCCC2)cc1)O3. The van der Waals surface area contributed by atoms with Gasteiger partial charge in [-0.25, -0.2) is 0 Å². The van der Waals surface area contributed by atoms with Gasteiger partial charge in [-0.2, -0.15) is 0 Å². The lowest BCUT2D eigenvalue weighted by Crippen LogP contribution is -2.35. The molecule has 2 fully saturated rings. The Balaban J connectivity index is 1.28. The number of ether oxygens (including phenoxy) is 3. The molecule has 3 aliphatic heterocycles. The van der Waals surface area contributed by atoms with Crippen LogP contribution in [0.2, 0.25) is 0 Å². The molecule has 5 aromatic carbocycles. The minimum absolute atomic E-state index is 0.222. The number of rotatable bonds is 6. The zero-order chi connectivity index (χ0) is 33.3. The van der Waals surface area contributed by atoms with Gasteiger partial charge in [0.1, 0.15) is 5.75 Å². The van der Waals surface area contributed by atoms with Crippen LogP contribution in [0.25, 0.3) is 28.0 Å². The highest BCUT2D eigenvalue weighted by molar-refractivity contribution is 6.09. The summed E-state index contributed by atoms with van der Waals surface area (Å²) in [6.07, 6.45) is 9.65. The van der Waals surface area contributed by atoms with Gasteiger partial charge in [0.15, 0.2) is 17.1 Å². The van der Waals surface area contributed by atoms with Crippen LogP contribution in [0.15, 0.2) is 91.0 Å². The standard InChI is InChI=1S/C44H44N2O3/c1-43(2)37-12-6-5-11-33(37)40-35-27-38(47-3)39(48-4)28-36(35)42-34(41(40)43)21-22-44(49-42,29-13-17-31(18-14-29)45-23-7-8-24-45)30-15-19-32(20-16-30)46-25-9-10-26-46/h5-6,11-22,27-28H,7-10,23-26H2,1-4H3. The molecule has 0 bridgehead atoms. The normalized spacial score (nSPS) is 18.3. The van der Waals surface area contributed by atoms with Crippen LogP contribution in [0.4, 0.5) is 11.4 Å². The Morgan fingerprint density at radius 3 is 1.73 bits per heavy atom. The molecule has 248 valence electrons. The molecule has 49 heavy (non-hydrogen) atoms. The number of fused-ring (bicyclic) bond motifs is 8. The molecule has 0 N–H and O–H groups in total. The Kier molecular flexibility index (Phi) is 6.98. The predicted molar refractivity (Wildman–Crippen MR) is 201 cm³/mol. The average Bonchev–Trinajstić information content (AvgIpc) is 3.93. The van der Waals surface area contributed by atoms with E-state index in [0.717, 1.165) is 59.4 Å². The molecule has 0 radical (unpaired) electrons. The molecule has 3 heterocycles. The molecule has 5 aromatic rings. The molecular formula is C44H44N2O3. The summed E-state index contributed by atoms with van der Waals surface area (Å²) in [6, 6.07) is 31.3. The van der Waals surface area contributed by atoms with E-state index in [1.165, 1.54) is 59.3 Å². The fourth-order valence-corrected chi connectivity index (χ4v) is 9.04. The van der Waals surface area contributed by atoms with Crippen LogP contribution >= 0.6 is 0 Å². The third-order valence-electron chi connectivity index (χ3n) is 11.6. The number of benzene rings is 5. The van der Waals surface area contributed by atoms with Gasteiger partial charge in [-0.05, 0) is 95.8 Å².